The van der Waals surface area contributed by atoms with E-state index in [1.807, 2.05) is 0 Å². The second-order valence-electron chi connectivity index (χ2n) is 8.33. The Morgan fingerprint density at radius 2 is 1.76 bits per heavy atom. The lowest BCUT2D eigenvalue weighted by Gasteiger charge is -2.12. The number of benzene rings is 2. The van der Waals surface area contributed by atoms with Crippen molar-refractivity contribution in [2.45, 2.75) is 13.3 Å². The van der Waals surface area contributed by atoms with Crippen molar-refractivity contribution in [3.8, 4) is 23.1 Å². The van der Waals surface area contributed by atoms with Gasteiger partial charge in [-0.1, -0.05) is 6.07 Å². The van der Waals surface area contributed by atoms with Gasteiger partial charge in [-0.3, -0.25) is 19.1 Å². The van der Waals surface area contributed by atoms with E-state index in [0.29, 0.717) is 34.0 Å². The van der Waals surface area contributed by atoms with Crippen molar-refractivity contribution in [1.82, 2.24) is 19.5 Å². The topological polar surface area (TPSA) is 96.2 Å². The van der Waals surface area contributed by atoms with Crippen LogP contribution in [0.2, 0.25) is 0 Å². The minimum Gasteiger partial charge on any atom is -0.481 e. The highest BCUT2D eigenvalue weighted by atomic mass is 19.1. The van der Waals surface area contributed by atoms with E-state index in [-0.39, 0.29) is 23.5 Å². The van der Waals surface area contributed by atoms with E-state index in [1.165, 1.54) is 66.5 Å². The van der Waals surface area contributed by atoms with E-state index in [1.54, 1.807) is 25.1 Å². The summed E-state index contributed by atoms with van der Waals surface area (Å²) >= 11 is 0. The molecule has 0 N–H and O–H groups in total. The zero-order valence-electron chi connectivity index (χ0n) is 20.3. The average Bonchev–Trinajstić information content (AvgIpc) is 2.91. The van der Waals surface area contributed by atoms with Gasteiger partial charge in [0.15, 0.2) is 23.1 Å². The van der Waals surface area contributed by atoms with Crippen molar-refractivity contribution in [2.24, 2.45) is 0 Å². The van der Waals surface area contributed by atoms with Gasteiger partial charge in [-0.15, -0.1) is 0 Å². The Labute approximate surface area is 215 Å². The van der Waals surface area contributed by atoms with Crippen molar-refractivity contribution in [3.63, 3.8) is 0 Å². The van der Waals surface area contributed by atoms with Crippen molar-refractivity contribution in [1.29, 1.82) is 0 Å². The molecule has 0 atom stereocenters. The molecule has 5 rings (SSSR count). The molecular formula is C28H20F2N4O4. The number of carbonyl (C=O) groups excluding carboxylic acids is 1. The molecule has 0 fully saturated rings. The number of nitrogens with zero attached hydrogens (tertiary/aromatic N) is 4. The summed E-state index contributed by atoms with van der Waals surface area (Å²) in [6.45, 7) is 1.60. The Morgan fingerprint density at radius 3 is 2.50 bits per heavy atom. The molecule has 0 aliphatic heterocycles. The fraction of sp³-hybridized carbons (Fsp3) is 0.107. The van der Waals surface area contributed by atoms with Crippen molar-refractivity contribution >= 4 is 16.8 Å². The maximum absolute atomic E-state index is 15.0. The molecule has 0 aliphatic carbocycles. The molecule has 0 aliphatic rings. The number of aryl methyl sites for hydroxylation is 1. The van der Waals surface area contributed by atoms with Gasteiger partial charge in [0.05, 0.1) is 18.3 Å². The summed E-state index contributed by atoms with van der Waals surface area (Å²) in [6, 6.07) is 14.3. The number of ketones is 1. The monoisotopic (exact) mass is 514 g/mol. The van der Waals surface area contributed by atoms with Crippen molar-refractivity contribution < 1.29 is 23.0 Å². The third kappa shape index (κ3) is 4.83. The predicted octanol–water partition coefficient (Wildman–Crippen LogP) is 4.99. The summed E-state index contributed by atoms with van der Waals surface area (Å²) in [5.41, 5.74) is 0.900. The molecule has 8 nitrogen and oxygen atoms in total. The first-order valence-electron chi connectivity index (χ1n) is 11.5. The number of carbonyl (C=O) groups is 1. The molecule has 0 unspecified atom stereocenters. The molecule has 3 heterocycles. The van der Waals surface area contributed by atoms with Crippen LogP contribution in [-0.4, -0.2) is 32.4 Å². The Balaban J connectivity index is 1.39. The van der Waals surface area contributed by atoms with E-state index < -0.39 is 23.0 Å². The molecule has 3 aromatic heterocycles. The fourth-order valence-corrected chi connectivity index (χ4v) is 3.94. The maximum Gasteiger partial charge on any atom is 0.268 e. The van der Waals surface area contributed by atoms with Gasteiger partial charge in [-0.05, 0) is 55.0 Å². The van der Waals surface area contributed by atoms with E-state index in [9.17, 15) is 18.4 Å². The standard InChI is InChI=1S/C28H20F2N4O4/c1-16-32-15-20(28(36)34(16)19-6-4-18(29)5-7-19)23(35)14-17-3-9-24(21(30)13-17)38-25-11-12-31-22-8-10-26(37-2)33-27(22)25/h3-13,15H,14H2,1-2H3. The molecule has 0 amide bonds. The normalized spacial score (nSPS) is 10.9. The largest absolute Gasteiger partial charge is 0.481 e. The minimum absolute atomic E-state index is 0.0750. The van der Waals surface area contributed by atoms with Gasteiger partial charge in [0.25, 0.3) is 5.56 Å². The molecule has 190 valence electrons. The number of fused-ring (bicyclic) bond motifs is 1. The lowest BCUT2D eigenvalue weighted by molar-refractivity contribution is 0.0990. The molecular weight excluding hydrogens is 494 g/mol. The first-order valence-corrected chi connectivity index (χ1v) is 11.5. The lowest BCUT2D eigenvalue weighted by atomic mass is 10.0. The van der Waals surface area contributed by atoms with Crippen LogP contribution in [0.25, 0.3) is 16.7 Å². The molecule has 38 heavy (non-hydrogen) atoms. The fourth-order valence-electron chi connectivity index (χ4n) is 3.94. The van der Waals surface area contributed by atoms with Crippen LogP contribution in [-0.2, 0) is 6.42 Å². The number of pyridine rings is 2. The summed E-state index contributed by atoms with van der Waals surface area (Å²) in [7, 11) is 1.48. The Kier molecular flexibility index (Phi) is 6.61. The molecule has 0 radical (unpaired) electrons. The number of rotatable bonds is 7. The summed E-state index contributed by atoms with van der Waals surface area (Å²) in [5.74, 6) is -0.799. The second kappa shape index (κ2) is 10.2. The number of ether oxygens (including phenoxy) is 2. The summed E-state index contributed by atoms with van der Waals surface area (Å²) in [4.78, 5) is 38.8. The highest BCUT2D eigenvalue weighted by Gasteiger charge is 2.18. The van der Waals surface area contributed by atoms with Gasteiger partial charge in [0.1, 0.15) is 22.7 Å². The lowest BCUT2D eigenvalue weighted by Crippen LogP contribution is -2.28. The number of aromatic nitrogens is 4. The third-order valence-corrected chi connectivity index (χ3v) is 5.83. The van der Waals surface area contributed by atoms with Crippen LogP contribution in [0.1, 0.15) is 21.7 Å². The van der Waals surface area contributed by atoms with E-state index in [2.05, 4.69) is 15.0 Å². The van der Waals surface area contributed by atoms with Crippen molar-refractivity contribution in [3.05, 3.63) is 112 Å². The van der Waals surface area contributed by atoms with Gasteiger partial charge in [-0.25, -0.2) is 18.7 Å². The molecule has 0 bridgehead atoms. The first kappa shape index (κ1) is 24.7. The number of methoxy groups -OCH3 is 1. The quantitative estimate of drug-likeness (QED) is 0.282. The predicted molar refractivity (Wildman–Crippen MR) is 135 cm³/mol. The van der Waals surface area contributed by atoms with Crippen LogP contribution in [0.4, 0.5) is 8.78 Å². The molecule has 2 aromatic carbocycles. The van der Waals surface area contributed by atoms with Crippen molar-refractivity contribution in [2.75, 3.05) is 7.11 Å². The van der Waals surface area contributed by atoms with Crippen LogP contribution < -0.4 is 15.0 Å². The van der Waals surface area contributed by atoms with Gasteiger partial charge < -0.3 is 9.47 Å². The SMILES string of the molecule is COc1ccc2nccc(Oc3ccc(CC(=O)c4cnc(C)n(-c5ccc(F)cc5)c4=O)cc3F)c2n1. The number of hydrogen-bond donors (Lipinski definition) is 0. The summed E-state index contributed by atoms with van der Waals surface area (Å²) < 4.78 is 40.4. The smallest absolute Gasteiger partial charge is 0.268 e. The molecule has 0 saturated carbocycles. The number of hydrogen-bond acceptors (Lipinski definition) is 7. The van der Waals surface area contributed by atoms with E-state index in [0.717, 1.165) is 0 Å². The second-order valence-corrected chi connectivity index (χ2v) is 8.33. The minimum atomic E-state index is -0.700. The Morgan fingerprint density at radius 1 is 0.974 bits per heavy atom. The molecule has 10 heteroatoms. The molecule has 5 aromatic rings. The zero-order chi connectivity index (χ0) is 26.8. The highest BCUT2D eigenvalue weighted by molar-refractivity contribution is 5.97. The van der Waals surface area contributed by atoms with Crippen LogP contribution in [0.15, 0.2) is 77.9 Å². The summed E-state index contributed by atoms with van der Waals surface area (Å²) in [6.07, 6.45) is 2.48. The van der Waals surface area contributed by atoms with Gasteiger partial charge in [0.2, 0.25) is 5.88 Å². The van der Waals surface area contributed by atoms with Gasteiger partial charge >= 0.3 is 0 Å². The maximum atomic E-state index is 15.0. The van der Waals surface area contributed by atoms with E-state index in [4.69, 9.17) is 9.47 Å². The van der Waals surface area contributed by atoms with E-state index >= 15 is 0 Å². The number of Topliss-reactive ketones (excluding diaryl/α,β-unsaturated/α-hetero) is 1. The molecule has 0 saturated heterocycles. The number of halogens is 2. The highest BCUT2D eigenvalue weighted by Crippen LogP contribution is 2.31. The average molecular weight is 514 g/mol. The van der Waals surface area contributed by atoms with Gasteiger partial charge in [0, 0.05) is 30.9 Å². The Hall–Kier alpha value is -4.99. The van der Waals surface area contributed by atoms with Crippen LogP contribution in [0.3, 0.4) is 0 Å². The Bertz CT molecular complexity index is 1740. The van der Waals surface area contributed by atoms with Crippen LogP contribution >= 0.6 is 0 Å². The van der Waals surface area contributed by atoms with Gasteiger partial charge in [-0.2, -0.15) is 0 Å². The molecule has 0 spiro atoms. The zero-order valence-corrected chi connectivity index (χ0v) is 20.3. The third-order valence-electron chi connectivity index (χ3n) is 5.83. The van der Waals surface area contributed by atoms with Crippen LogP contribution in [0, 0.1) is 18.6 Å². The van der Waals surface area contributed by atoms with Crippen LogP contribution in [0.5, 0.6) is 17.4 Å². The first-order chi connectivity index (χ1) is 18.3. The summed E-state index contributed by atoms with van der Waals surface area (Å²) in [5, 5.41) is 0.